The van der Waals surface area contributed by atoms with Crippen molar-refractivity contribution >= 4 is 11.8 Å². The molecule has 0 saturated heterocycles. The van der Waals surface area contributed by atoms with Gasteiger partial charge in [0.05, 0.1) is 5.56 Å². The molecule has 2 aromatic rings. The highest BCUT2D eigenvalue weighted by atomic mass is 32.2. The summed E-state index contributed by atoms with van der Waals surface area (Å²) in [5, 5.41) is 9.56. The predicted octanol–water partition coefficient (Wildman–Crippen LogP) is 5.30. The summed E-state index contributed by atoms with van der Waals surface area (Å²) in [5.41, 5.74) is 0.0911. The minimum Gasteiger partial charge on any atom is -0.508 e. The van der Waals surface area contributed by atoms with Gasteiger partial charge in [0.1, 0.15) is 24.2 Å². The summed E-state index contributed by atoms with van der Waals surface area (Å²) in [4.78, 5) is 1.000. The van der Waals surface area contributed by atoms with E-state index in [0.717, 1.165) is 22.6 Å². The van der Waals surface area contributed by atoms with E-state index in [-0.39, 0.29) is 18.5 Å². The maximum atomic E-state index is 12.6. The van der Waals surface area contributed by atoms with Crippen LogP contribution in [-0.4, -0.2) is 30.2 Å². The van der Waals surface area contributed by atoms with Crippen LogP contribution in [0.4, 0.5) is 13.2 Å². The van der Waals surface area contributed by atoms with E-state index in [0.29, 0.717) is 18.1 Å². The lowest BCUT2D eigenvalue weighted by Gasteiger charge is -2.18. The van der Waals surface area contributed by atoms with Crippen molar-refractivity contribution in [1.29, 1.82) is 0 Å². The zero-order chi connectivity index (χ0) is 19.2. The van der Waals surface area contributed by atoms with Crippen LogP contribution < -0.4 is 4.74 Å². The first-order valence-electron chi connectivity index (χ1n) is 8.13. The van der Waals surface area contributed by atoms with Crippen LogP contribution in [0.2, 0.25) is 0 Å². The molecule has 7 heteroatoms. The standard InChI is InChI=1S/C19H21F3O3S/c1-3-24-16(12-26-17-8-9-18(23)13(2)10-17)11-25-15-6-4-14(5-7-15)19(20,21)22/h4-10,16,23H,3,11-12H2,1-2H3/t16-/m1/s1. The van der Waals surface area contributed by atoms with Crippen molar-refractivity contribution in [2.45, 2.75) is 31.0 Å². The van der Waals surface area contributed by atoms with Crippen molar-refractivity contribution in [3.05, 3.63) is 53.6 Å². The molecular formula is C19H21F3O3S. The fourth-order valence-corrected chi connectivity index (χ4v) is 3.21. The summed E-state index contributed by atoms with van der Waals surface area (Å²) in [6.07, 6.45) is -4.56. The van der Waals surface area contributed by atoms with Crippen LogP contribution in [0.15, 0.2) is 47.4 Å². The molecule has 0 aliphatic rings. The minimum atomic E-state index is -4.36. The minimum absolute atomic E-state index is 0.207. The molecule has 26 heavy (non-hydrogen) atoms. The van der Waals surface area contributed by atoms with E-state index in [9.17, 15) is 18.3 Å². The van der Waals surface area contributed by atoms with Gasteiger partial charge in [-0.25, -0.2) is 0 Å². The van der Waals surface area contributed by atoms with Crippen LogP contribution in [0.1, 0.15) is 18.1 Å². The summed E-state index contributed by atoms with van der Waals surface area (Å²) < 4.78 is 48.9. The van der Waals surface area contributed by atoms with E-state index in [1.54, 1.807) is 17.8 Å². The lowest BCUT2D eigenvalue weighted by molar-refractivity contribution is -0.137. The summed E-state index contributed by atoms with van der Waals surface area (Å²) in [5.74, 6) is 1.24. The molecule has 142 valence electrons. The molecule has 0 fully saturated rings. The number of rotatable bonds is 8. The Hall–Kier alpha value is -1.86. The van der Waals surface area contributed by atoms with Gasteiger partial charge in [0, 0.05) is 17.3 Å². The number of phenols is 1. The van der Waals surface area contributed by atoms with Crippen LogP contribution >= 0.6 is 11.8 Å². The Kier molecular flexibility index (Phi) is 7.23. The Bertz CT molecular complexity index is 702. The largest absolute Gasteiger partial charge is 0.508 e. The lowest BCUT2D eigenvalue weighted by atomic mass is 10.2. The number of hydrogen-bond donors (Lipinski definition) is 1. The van der Waals surface area contributed by atoms with E-state index in [2.05, 4.69) is 0 Å². The van der Waals surface area contributed by atoms with Crippen LogP contribution in [0.5, 0.6) is 11.5 Å². The highest BCUT2D eigenvalue weighted by Crippen LogP contribution is 2.30. The van der Waals surface area contributed by atoms with Crippen molar-refractivity contribution in [2.24, 2.45) is 0 Å². The van der Waals surface area contributed by atoms with Gasteiger partial charge in [-0.15, -0.1) is 11.8 Å². The van der Waals surface area contributed by atoms with Gasteiger partial charge in [0.2, 0.25) is 0 Å². The zero-order valence-electron chi connectivity index (χ0n) is 14.5. The molecule has 1 atom stereocenters. The molecule has 0 saturated carbocycles. The van der Waals surface area contributed by atoms with Crippen LogP contribution in [-0.2, 0) is 10.9 Å². The van der Waals surface area contributed by atoms with Gasteiger partial charge >= 0.3 is 6.18 Å². The number of phenolic OH excluding ortho intramolecular Hbond substituents is 1. The first-order chi connectivity index (χ1) is 12.3. The Morgan fingerprint density at radius 2 is 1.81 bits per heavy atom. The third kappa shape index (κ3) is 6.14. The number of aryl methyl sites for hydroxylation is 1. The van der Waals surface area contributed by atoms with Crippen LogP contribution in [0, 0.1) is 6.92 Å². The molecule has 0 radical (unpaired) electrons. The van der Waals surface area contributed by atoms with E-state index in [4.69, 9.17) is 9.47 Å². The maximum Gasteiger partial charge on any atom is 0.416 e. The Morgan fingerprint density at radius 1 is 1.12 bits per heavy atom. The Labute approximate surface area is 155 Å². The van der Waals surface area contributed by atoms with Gasteiger partial charge in [-0.05, 0) is 61.9 Å². The van der Waals surface area contributed by atoms with E-state index >= 15 is 0 Å². The highest BCUT2D eigenvalue weighted by molar-refractivity contribution is 7.99. The number of halogens is 3. The first-order valence-corrected chi connectivity index (χ1v) is 9.12. The Morgan fingerprint density at radius 3 is 2.38 bits per heavy atom. The molecule has 0 aromatic heterocycles. The van der Waals surface area contributed by atoms with Gasteiger partial charge < -0.3 is 14.6 Å². The van der Waals surface area contributed by atoms with E-state index < -0.39 is 11.7 Å². The number of ether oxygens (including phenoxy) is 2. The molecule has 0 aliphatic carbocycles. The number of benzene rings is 2. The Balaban J connectivity index is 1.90. The maximum absolute atomic E-state index is 12.6. The third-order valence-electron chi connectivity index (χ3n) is 3.62. The zero-order valence-corrected chi connectivity index (χ0v) is 15.4. The van der Waals surface area contributed by atoms with Gasteiger partial charge in [-0.1, -0.05) is 0 Å². The monoisotopic (exact) mass is 386 g/mol. The number of hydrogen-bond acceptors (Lipinski definition) is 4. The van der Waals surface area contributed by atoms with Gasteiger partial charge in [-0.3, -0.25) is 0 Å². The quantitative estimate of drug-likeness (QED) is 0.625. The molecule has 2 rings (SSSR count). The number of aromatic hydroxyl groups is 1. The number of alkyl halides is 3. The second-order valence-electron chi connectivity index (χ2n) is 5.67. The van der Waals surface area contributed by atoms with E-state index in [1.807, 2.05) is 26.0 Å². The highest BCUT2D eigenvalue weighted by Gasteiger charge is 2.30. The fraction of sp³-hybridized carbons (Fsp3) is 0.368. The fourth-order valence-electron chi connectivity index (χ4n) is 2.22. The summed E-state index contributed by atoms with van der Waals surface area (Å²) >= 11 is 1.57. The van der Waals surface area contributed by atoms with E-state index in [1.165, 1.54) is 12.1 Å². The molecule has 0 spiro atoms. The average Bonchev–Trinajstić information content (AvgIpc) is 2.60. The normalized spacial score (nSPS) is 12.8. The summed E-state index contributed by atoms with van der Waals surface area (Å²) in [6.45, 7) is 4.45. The van der Waals surface area contributed by atoms with Crippen molar-refractivity contribution < 1.29 is 27.8 Å². The smallest absolute Gasteiger partial charge is 0.416 e. The predicted molar refractivity (Wildman–Crippen MR) is 95.9 cm³/mol. The van der Waals surface area contributed by atoms with Crippen molar-refractivity contribution in [3.63, 3.8) is 0 Å². The molecule has 1 N–H and O–H groups in total. The molecular weight excluding hydrogens is 365 g/mol. The van der Waals surface area contributed by atoms with Gasteiger partial charge in [0.15, 0.2) is 0 Å². The SMILES string of the molecule is CCO[C@H](COc1ccc(C(F)(F)F)cc1)CSc1ccc(O)c(C)c1. The first kappa shape index (κ1) is 20.5. The van der Waals surface area contributed by atoms with Crippen molar-refractivity contribution in [2.75, 3.05) is 19.0 Å². The number of thioether (sulfide) groups is 1. The topological polar surface area (TPSA) is 38.7 Å². The lowest BCUT2D eigenvalue weighted by Crippen LogP contribution is -2.24. The third-order valence-corrected chi connectivity index (χ3v) is 4.75. The summed E-state index contributed by atoms with van der Waals surface area (Å²) in [7, 11) is 0. The molecule has 0 heterocycles. The van der Waals surface area contributed by atoms with Crippen molar-refractivity contribution in [3.8, 4) is 11.5 Å². The molecule has 0 aliphatic heterocycles. The molecule has 3 nitrogen and oxygen atoms in total. The van der Waals surface area contributed by atoms with Crippen LogP contribution in [0.25, 0.3) is 0 Å². The molecule has 0 amide bonds. The average molecular weight is 386 g/mol. The second kappa shape index (κ2) is 9.19. The van der Waals surface area contributed by atoms with Crippen molar-refractivity contribution in [1.82, 2.24) is 0 Å². The van der Waals surface area contributed by atoms with Gasteiger partial charge in [0.25, 0.3) is 0 Å². The molecule has 0 unspecified atom stereocenters. The molecule has 2 aromatic carbocycles. The second-order valence-corrected chi connectivity index (χ2v) is 6.76. The molecule has 0 bridgehead atoms. The summed E-state index contributed by atoms with van der Waals surface area (Å²) in [6, 6.07) is 9.97. The van der Waals surface area contributed by atoms with Gasteiger partial charge in [-0.2, -0.15) is 13.2 Å². The van der Waals surface area contributed by atoms with Crippen LogP contribution in [0.3, 0.4) is 0 Å².